The molecule has 1 saturated heterocycles. The van der Waals surface area contributed by atoms with Crippen LogP contribution in [0.4, 0.5) is 0 Å². The Kier molecular flexibility index (Phi) is 4.03. The zero-order valence-electron chi connectivity index (χ0n) is 8.49. The molecule has 1 rings (SSSR count). The Bertz CT molecular complexity index is 213. The van der Waals surface area contributed by atoms with Gasteiger partial charge in [-0.2, -0.15) is 0 Å². The summed E-state index contributed by atoms with van der Waals surface area (Å²) in [6.45, 7) is 2.97. The van der Waals surface area contributed by atoms with E-state index < -0.39 is 11.9 Å². The zero-order chi connectivity index (χ0) is 10.6. The van der Waals surface area contributed by atoms with Gasteiger partial charge < -0.3 is 9.47 Å². The predicted molar refractivity (Wildman–Crippen MR) is 48.6 cm³/mol. The largest absolute Gasteiger partial charge is 0.391 e. The van der Waals surface area contributed by atoms with Crippen molar-refractivity contribution in [1.82, 2.24) is 4.90 Å². The van der Waals surface area contributed by atoms with Gasteiger partial charge in [-0.3, -0.25) is 14.5 Å². The summed E-state index contributed by atoms with van der Waals surface area (Å²) in [6, 6.07) is 0.159. The van der Waals surface area contributed by atoms with Crippen LogP contribution in [0.25, 0.3) is 0 Å². The van der Waals surface area contributed by atoms with E-state index in [-0.39, 0.29) is 19.1 Å². The van der Waals surface area contributed by atoms with Gasteiger partial charge in [0.25, 0.3) is 0 Å². The molecule has 1 unspecified atom stereocenters. The van der Waals surface area contributed by atoms with E-state index in [4.69, 9.17) is 4.74 Å². The van der Waals surface area contributed by atoms with Crippen LogP contribution in [0.1, 0.15) is 13.3 Å². The lowest BCUT2D eigenvalue weighted by molar-refractivity contribution is -0.168. The summed E-state index contributed by atoms with van der Waals surface area (Å²) < 4.78 is 9.35. The lowest BCUT2D eigenvalue weighted by Crippen LogP contribution is -2.47. The molecule has 1 heterocycles. The van der Waals surface area contributed by atoms with Gasteiger partial charge in [-0.25, -0.2) is 0 Å². The van der Waals surface area contributed by atoms with Crippen LogP contribution in [0.15, 0.2) is 0 Å². The Morgan fingerprint density at radius 3 is 2.50 bits per heavy atom. The molecule has 0 radical (unpaired) electrons. The highest BCUT2D eigenvalue weighted by Crippen LogP contribution is 2.08. The van der Waals surface area contributed by atoms with Crippen molar-refractivity contribution in [2.75, 3.05) is 26.8 Å². The van der Waals surface area contributed by atoms with Gasteiger partial charge in [0.15, 0.2) is 0 Å². The lowest BCUT2D eigenvalue weighted by Gasteiger charge is -2.29. The molecule has 1 aliphatic heterocycles. The monoisotopic (exact) mass is 201 g/mol. The van der Waals surface area contributed by atoms with E-state index in [2.05, 4.69) is 4.74 Å². The first kappa shape index (κ1) is 11.1. The number of cyclic esters (lactones) is 2. The molecular formula is C9H15NO4. The standard InChI is InChI=1S/C9H15NO4/c1-7(3-4-13-2)10-5-8(11)14-9(12)6-10/h7H,3-6H2,1-2H3. The van der Waals surface area contributed by atoms with Crippen molar-refractivity contribution >= 4 is 11.9 Å². The second-order valence-electron chi connectivity index (χ2n) is 3.38. The lowest BCUT2D eigenvalue weighted by atomic mass is 10.2. The summed E-state index contributed by atoms with van der Waals surface area (Å²) in [6.07, 6.45) is 0.803. The minimum atomic E-state index is -0.467. The molecule has 0 bridgehead atoms. The highest BCUT2D eigenvalue weighted by atomic mass is 16.6. The van der Waals surface area contributed by atoms with Gasteiger partial charge in [-0.15, -0.1) is 0 Å². The van der Waals surface area contributed by atoms with Crippen molar-refractivity contribution in [3.8, 4) is 0 Å². The van der Waals surface area contributed by atoms with Crippen molar-refractivity contribution in [2.45, 2.75) is 19.4 Å². The van der Waals surface area contributed by atoms with Gasteiger partial charge in [0.05, 0.1) is 13.1 Å². The summed E-state index contributed by atoms with van der Waals surface area (Å²) in [4.78, 5) is 23.7. The number of hydrogen-bond donors (Lipinski definition) is 0. The number of morpholine rings is 1. The summed E-state index contributed by atoms with van der Waals surface area (Å²) >= 11 is 0. The SMILES string of the molecule is COCCC(C)N1CC(=O)OC(=O)C1. The molecule has 0 aliphatic carbocycles. The fourth-order valence-electron chi connectivity index (χ4n) is 1.36. The number of carbonyl (C=O) groups is 2. The molecule has 0 aromatic heterocycles. The van der Waals surface area contributed by atoms with Crippen LogP contribution in [0.2, 0.25) is 0 Å². The first-order valence-corrected chi connectivity index (χ1v) is 4.60. The second kappa shape index (κ2) is 5.07. The highest BCUT2D eigenvalue weighted by Gasteiger charge is 2.27. The Labute approximate surface area is 83.0 Å². The van der Waals surface area contributed by atoms with Gasteiger partial charge in [0.2, 0.25) is 0 Å². The first-order valence-electron chi connectivity index (χ1n) is 4.60. The molecule has 0 saturated carbocycles. The van der Waals surface area contributed by atoms with Crippen LogP contribution in [-0.2, 0) is 19.1 Å². The van der Waals surface area contributed by atoms with E-state index >= 15 is 0 Å². The average Bonchev–Trinajstić information content (AvgIpc) is 2.12. The van der Waals surface area contributed by atoms with Gasteiger partial charge in [0.1, 0.15) is 0 Å². The van der Waals surface area contributed by atoms with Crippen LogP contribution < -0.4 is 0 Å². The quantitative estimate of drug-likeness (QED) is 0.465. The Hall–Kier alpha value is -0.940. The van der Waals surface area contributed by atoms with Gasteiger partial charge in [-0.1, -0.05) is 0 Å². The number of hydrogen-bond acceptors (Lipinski definition) is 5. The van der Waals surface area contributed by atoms with Crippen LogP contribution in [0.3, 0.4) is 0 Å². The van der Waals surface area contributed by atoms with Crippen molar-refractivity contribution < 1.29 is 19.1 Å². The maximum atomic E-state index is 10.9. The maximum Gasteiger partial charge on any atom is 0.327 e. The molecule has 0 N–H and O–H groups in total. The van der Waals surface area contributed by atoms with Crippen LogP contribution in [-0.4, -0.2) is 49.7 Å². The molecule has 5 nitrogen and oxygen atoms in total. The number of carbonyl (C=O) groups excluding carboxylic acids is 2. The third-order valence-corrected chi connectivity index (χ3v) is 2.26. The highest BCUT2D eigenvalue weighted by molar-refractivity contribution is 5.90. The van der Waals surface area contributed by atoms with E-state index in [9.17, 15) is 9.59 Å². The van der Waals surface area contributed by atoms with Gasteiger partial charge >= 0.3 is 11.9 Å². The van der Waals surface area contributed by atoms with Crippen molar-refractivity contribution in [3.63, 3.8) is 0 Å². The van der Waals surface area contributed by atoms with E-state index in [0.29, 0.717) is 6.61 Å². The number of methoxy groups -OCH3 is 1. The molecule has 1 fully saturated rings. The Balaban J connectivity index is 2.42. The van der Waals surface area contributed by atoms with E-state index in [0.717, 1.165) is 6.42 Å². The van der Waals surface area contributed by atoms with Crippen LogP contribution in [0, 0.1) is 0 Å². The molecule has 14 heavy (non-hydrogen) atoms. The van der Waals surface area contributed by atoms with E-state index in [1.807, 2.05) is 6.92 Å². The number of esters is 2. The van der Waals surface area contributed by atoms with Gasteiger partial charge in [-0.05, 0) is 13.3 Å². The molecule has 0 aromatic carbocycles. The predicted octanol–water partition coefficient (Wildman–Crippen LogP) is -0.203. The summed E-state index contributed by atoms with van der Waals surface area (Å²) in [5.41, 5.74) is 0. The summed E-state index contributed by atoms with van der Waals surface area (Å²) in [5, 5.41) is 0. The van der Waals surface area contributed by atoms with Crippen LogP contribution >= 0.6 is 0 Å². The van der Waals surface area contributed by atoms with E-state index in [1.165, 1.54) is 0 Å². The van der Waals surface area contributed by atoms with Crippen molar-refractivity contribution in [2.24, 2.45) is 0 Å². The summed E-state index contributed by atoms with van der Waals surface area (Å²) in [7, 11) is 1.63. The van der Waals surface area contributed by atoms with E-state index in [1.54, 1.807) is 12.0 Å². The Morgan fingerprint density at radius 1 is 1.43 bits per heavy atom. The Morgan fingerprint density at radius 2 is 2.00 bits per heavy atom. The number of rotatable bonds is 4. The third-order valence-electron chi connectivity index (χ3n) is 2.26. The zero-order valence-corrected chi connectivity index (χ0v) is 8.49. The minimum absolute atomic E-state index is 0.159. The second-order valence-corrected chi connectivity index (χ2v) is 3.38. The fourth-order valence-corrected chi connectivity index (χ4v) is 1.36. The molecule has 80 valence electrons. The smallest absolute Gasteiger partial charge is 0.327 e. The van der Waals surface area contributed by atoms with Gasteiger partial charge in [0, 0.05) is 19.8 Å². The fraction of sp³-hybridized carbons (Fsp3) is 0.778. The van der Waals surface area contributed by atoms with Crippen molar-refractivity contribution in [3.05, 3.63) is 0 Å². The third kappa shape index (κ3) is 3.08. The first-order chi connectivity index (χ1) is 6.63. The number of ether oxygens (including phenoxy) is 2. The molecule has 0 spiro atoms. The minimum Gasteiger partial charge on any atom is -0.391 e. The van der Waals surface area contributed by atoms with Crippen molar-refractivity contribution in [1.29, 1.82) is 0 Å². The number of nitrogens with zero attached hydrogens (tertiary/aromatic N) is 1. The molecule has 1 atom stereocenters. The molecule has 5 heteroatoms. The topological polar surface area (TPSA) is 55.8 Å². The molecule has 0 amide bonds. The normalized spacial score (nSPS) is 20.7. The average molecular weight is 201 g/mol. The maximum absolute atomic E-state index is 10.9. The molecular weight excluding hydrogens is 186 g/mol. The molecule has 0 aromatic rings. The summed E-state index contributed by atoms with van der Waals surface area (Å²) in [5.74, 6) is -0.934. The molecule has 1 aliphatic rings. The van der Waals surface area contributed by atoms with Crippen LogP contribution in [0.5, 0.6) is 0 Å².